The van der Waals surface area contributed by atoms with Gasteiger partial charge in [-0.25, -0.2) is 19.1 Å². The van der Waals surface area contributed by atoms with E-state index in [0.29, 0.717) is 11.3 Å². The van der Waals surface area contributed by atoms with Crippen molar-refractivity contribution < 1.29 is 24.2 Å². The second kappa shape index (κ2) is 10.7. The van der Waals surface area contributed by atoms with E-state index in [4.69, 9.17) is 4.74 Å². The summed E-state index contributed by atoms with van der Waals surface area (Å²) >= 11 is 1.04. The fourth-order valence-electron chi connectivity index (χ4n) is 4.15. The van der Waals surface area contributed by atoms with Crippen molar-refractivity contribution in [1.82, 2.24) is 14.5 Å². The van der Waals surface area contributed by atoms with E-state index >= 15 is 0 Å². The highest BCUT2D eigenvalue weighted by molar-refractivity contribution is 7.14. The van der Waals surface area contributed by atoms with E-state index in [1.165, 1.54) is 12.5 Å². The third-order valence-electron chi connectivity index (χ3n) is 6.06. The predicted molar refractivity (Wildman–Crippen MR) is 139 cm³/mol. The van der Waals surface area contributed by atoms with Crippen molar-refractivity contribution in [3.8, 4) is 22.9 Å². The number of nitrogens with one attached hydrogen (secondary N) is 2. The Morgan fingerprint density at radius 2 is 1.89 bits per heavy atom. The van der Waals surface area contributed by atoms with E-state index in [2.05, 4.69) is 20.0 Å². The molecule has 0 saturated heterocycles. The van der Waals surface area contributed by atoms with Crippen molar-refractivity contribution in [2.24, 2.45) is 0 Å². The van der Waals surface area contributed by atoms with Crippen LogP contribution in [0.2, 0.25) is 0 Å². The molecule has 0 bridgehead atoms. The lowest BCUT2D eigenvalue weighted by Gasteiger charge is -2.24. The lowest BCUT2D eigenvalue weighted by Crippen LogP contribution is -2.35. The summed E-state index contributed by atoms with van der Waals surface area (Å²) in [6.07, 6.45) is 0. The third kappa shape index (κ3) is 5.12. The fraction of sp³-hybridized carbons (Fsp3) is 0.231. The van der Waals surface area contributed by atoms with Gasteiger partial charge in [0.25, 0.3) is 0 Å². The Morgan fingerprint density at radius 3 is 2.54 bits per heavy atom. The van der Waals surface area contributed by atoms with Crippen LogP contribution in [0.25, 0.3) is 11.3 Å². The molecule has 4 rings (SSSR count). The lowest BCUT2D eigenvalue weighted by molar-refractivity contribution is -0.120. The molecule has 2 aromatic heterocycles. The van der Waals surface area contributed by atoms with Crippen LogP contribution >= 0.6 is 11.3 Å². The maximum Gasteiger partial charge on any atom is 0.357 e. The van der Waals surface area contributed by atoms with Crippen molar-refractivity contribution in [3.05, 3.63) is 81.2 Å². The number of ether oxygens (including phenoxy) is 2. The maximum absolute atomic E-state index is 13.6. The predicted octanol–water partition coefficient (Wildman–Crippen LogP) is 4.09. The van der Waals surface area contributed by atoms with Gasteiger partial charge in [0.05, 0.1) is 14.2 Å². The van der Waals surface area contributed by atoms with Gasteiger partial charge in [-0.2, -0.15) is 0 Å². The molecule has 0 aliphatic heterocycles. The molecule has 0 fully saturated rings. The number of thiazole rings is 1. The smallest absolute Gasteiger partial charge is 0.357 e. The van der Waals surface area contributed by atoms with Crippen molar-refractivity contribution in [1.29, 1.82) is 0 Å². The molecular formula is C26H26N4O6S. The average Bonchev–Trinajstić information content (AvgIpc) is 3.48. The zero-order valence-corrected chi connectivity index (χ0v) is 21.5. The number of hydrogen-bond acceptors (Lipinski definition) is 8. The number of hydrogen-bond donors (Lipinski definition) is 3. The van der Waals surface area contributed by atoms with Crippen molar-refractivity contribution >= 4 is 28.3 Å². The summed E-state index contributed by atoms with van der Waals surface area (Å²) in [6, 6.07) is 13.2. The molecule has 2 atom stereocenters. The number of carbonyl (C=O) groups is 2. The number of amides is 1. The molecule has 2 heterocycles. The molecule has 0 saturated carbocycles. The summed E-state index contributed by atoms with van der Waals surface area (Å²) in [7, 11) is 2.79. The number of carbonyl (C=O) groups excluding carboxylic acids is 2. The quantitative estimate of drug-likeness (QED) is 0.297. The molecule has 192 valence electrons. The number of methoxy groups -OCH3 is 2. The van der Waals surface area contributed by atoms with Crippen molar-refractivity contribution in [2.75, 3.05) is 19.5 Å². The van der Waals surface area contributed by atoms with Crippen molar-refractivity contribution in [3.63, 3.8) is 0 Å². The van der Waals surface area contributed by atoms with Crippen LogP contribution in [0, 0.1) is 6.92 Å². The van der Waals surface area contributed by atoms with Gasteiger partial charge in [-0.1, -0.05) is 37.3 Å². The molecule has 0 unspecified atom stereocenters. The van der Waals surface area contributed by atoms with Gasteiger partial charge in [0.2, 0.25) is 11.8 Å². The van der Waals surface area contributed by atoms with E-state index in [0.717, 1.165) is 27.0 Å². The molecule has 0 aliphatic carbocycles. The van der Waals surface area contributed by atoms with Crippen molar-refractivity contribution in [2.45, 2.75) is 25.8 Å². The molecule has 10 nitrogen and oxygen atoms in total. The fourth-order valence-corrected chi connectivity index (χ4v) is 4.83. The molecule has 0 radical (unpaired) electrons. The van der Waals surface area contributed by atoms with Gasteiger partial charge in [0.1, 0.15) is 17.5 Å². The normalized spacial score (nSPS) is 12.5. The average molecular weight is 523 g/mol. The lowest BCUT2D eigenvalue weighted by atomic mass is 9.92. The van der Waals surface area contributed by atoms with E-state index < -0.39 is 29.5 Å². The first kappa shape index (κ1) is 25.7. The second-order valence-corrected chi connectivity index (χ2v) is 9.20. The zero-order valence-electron chi connectivity index (χ0n) is 20.6. The number of rotatable bonds is 8. The summed E-state index contributed by atoms with van der Waals surface area (Å²) in [6.45, 7) is 3.64. The zero-order chi connectivity index (χ0) is 26.7. The Hall–Kier alpha value is -4.38. The standard InChI is InChI=1S/C26H26N4O6S/c1-14-12-17(10-11-19(14)35-3)20-23(32)30(26(34)28-20)21(15(2)16-8-6-5-7-9-16)22(31)29-25-27-18(13-37-25)24(33)36-4/h5-13,15,21,32H,1-4H3,(H,28,34)(H,27,29,31)/t15-,21-/m0/s1. The summed E-state index contributed by atoms with van der Waals surface area (Å²) in [4.78, 5) is 45.3. The minimum Gasteiger partial charge on any atom is -0.496 e. The van der Waals surface area contributed by atoms with Crippen LogP contribution in [0.3, 0.4) is 0 Å². The first-order chi connectivity index (χ1) is 17.7. The summed E-state index contributed by atoms with van der Waals surface area (Å²) in [5.41, 5.74) is 1.72. The number of anilines is 1. The number of aromatic nitrogens is 3. The minimum absolute atomic E-state index is 0.0503. The van der Waals surface area contributed by atoms with Gasteiger partial charge in [-0.3, -0.25) is 4.79 Å². The number of esters is 1. The first-order valence-corrected chi connectivity index (χ1v) is 12.2. The number of aromatic hydroxyl groups is 1. The molecule has 37 heavy (non-hydrogen) atoms. The molecular weight excluding hydrogens is 496 g/mol. The number of H-pyrrole nitrogens is 1. The highest BCUT2D eigenvalue weighted by atomic mass is 32.1. The van der Waals surface area contributed by atoms with Crippen LogP contribution in [0.5, 0.6) is 11.6 Å². The van der Waals surface area contributed by atoms with Gasteiger partial charge in [-0.05, 0) is 36.2 Å². The van der Waals surface area contributed by atoms with E-state index in [1.807, 2.05) is 37.3 Å². The summed E-state index contributed by atoms with van der Waals surface area (Å²) < 4.78 is 11.0. The molecule has 0 aliphatic rings. The number of aromatic amines is 1. The highest BCUT2D eigenvalue weighted by Crippen LogP contribution is 2.36. The van der Waals surface area contributed by atoms with Crippen LogP contribution in [0.1, 0.15) is 40.5 Å². The van der Waals surface area contributed by atoms with Gasteiger partial charge in [-0.15, -0.1) is 11.3 Å². The number of nitrogens with zero attached hydrogens (tertiary/aromatic N) is 2. The first-order valence-electron chi connectivity index (χ1n) is 11.3. The Morgan fingerprint density at radius 1 is 1.16 bits per heavy atom. The third-order valence-corrected chi connectivity index (χ3v) is 6.82. The number of aryl methyl sites for hydroxylation is 1. The molecule has 3 N–H and O–H groups in total. The Labute approximate surface area is 216 Å². The monoisotopic (exact) mass is 522 g/mol. The molecule has 2 aromatic carbocycles. The summed E-state index contributed by atoms with van der Waals surface area (Å²) in [5, 5.41) is 15.5. The summed E-state index contributed by atoms with van der Waals surface area (Å²) in [5.74, 6) is -1.46. The number of benzene rings is 2. The Bertz CT molecular complexity index is 1490. The molecule has 4 aromatic rings. The second-order valence-electron chi connectivity index (χ2n) is 8.35. The SMILES string of the molecule is COC(=O)c1csc(NC(=O)[C@H]([C@@H](C)c2ccccc2)n2c(O)c(-c3ccc(OC)c(C)c3)[nH]c2=O)n1. The largest absolute Gasteiger partial charge is 0.496 e. The Kier molecular flexibility index (Phi) is 7.44. The maximum atomic E-state index is 13.6. The van der Waals surface area contributed by atoms with E-state index in [1.54, 1.807) is 32.2 Å². The van der Waals surface area contributed by atoms with Crippen LogP contribution in [-0.4, -0.2) is 45.7 Å². The van der Waals surface area contributed by atoms with Gasteiger partial charge < -0.3 is 24.9 Å². The van der Waals surface area contributed by atoms with Crippen LogP contribution in [0.15, 0.2) is 58.7 Å². The highest BCUT2D eigenvalue weighted by Gasteiger charge is 2.34. The van der Waals surface area contributed by atoms with Gasteiger partial charge in [0, 0.05) is 16.9 Å². The van der Waals surface area contributed by atoms with Crippen LogP contribution < -0.4 is 15.7 Å². The molecule has 0 spiro atoms. The molecule has 11 heteroatoms. The van der Waals surface area contributed by atoms with Gasteiger partial charge >= 0.3 is 11.7 Å². The number of imidazole rings is 1. The minimum atomic E-state index is -1.15. The Balaban J connectivity index is 1.77. The van der Waals surface area contributed by atoms with Gasteiger partial charge in [0.15, 0.2) is 10.8 Å². The van der Waals surface area contributed by atoms with Crippen LogP contribution in [0.4, 0.5) is 5.13 Å². The molecule has 1 amide bonds. The van der Waals surface area contributed by atoms with Crippen LogP contribution in [-0.2, 0) is 9.53 Å². The topological polar surface area (TPSA) is 136 Å². The van der Waals surface area contributed by atoms with E-state index in [9.17, 15) is 19.5 Å². The van der Waals surface area contributed by atoms with E-state index in [-0.39, 0.29) is 22.4 Å².